The molecule has 0 saturated heterocycles. The van der Waals surface area contributed by atoms with Crippen molar-refractivity contribution in [3.05, 3.63) is 71.8 Å². The lowest BCUT2D eigenvalue weighted by Gasteiger charge is -2.23. The molecule has 15 heteroatoms. The van der Waals surface area contributed by atoms with Crippen molar-refractivity contribution >= 4 is 30.0 Å². The summed E-state index contributed by atoms with van der Waals surface area (Å²) in [4.78, 5) is 60.9. The second-order valence-electron chi connectivity index (χ2n) is 10.6. The van der Waals surface area contributed by atoms with Crippen LogP contribution in [0.2, 0.25) is 0 Å². The van der Waals surface area contributed by atoms with Gasteiger partial charge in [-0.2, -0.15) is 0 Å². The monoisotopic (exact) mass is 626 g/mol. The molecule has 0 radical (unpaired) electrons. The third-order valence-corrected chi connectivity index (χ3v) is 6.49. The summed E-state index contributed by atoms with van der Waals surface area (Å²) < 4.78 is 0. The number of hydrogen-bond donors (Lipinski definition) is 10. The second-order valence-corrected chi connectivity index (χ2v) is 10.6. The van der Waals surface area contributed by atoms with Crippen molar-refractivity contribution in [2.75, 3.05) is 32.7 Å². The summed E-state index contributed by atoms with van der Waals surface area (Å²) >= 11 is 0. The molecule has 0 aliphatic rings. The van der Waals surface area contributed by atoms with Gasteiger partial charge in [0.15, 0.2) is 0 Å². The molecule has 0 spiro atoms. The topological polar surface area (TPSA) is 234 Å². The molecule has 9 amide bonds. The summed E-state index contributed by atoms with van der Waals surface area (Å²) in [6, 6.07) is 14.9. The highest BCUT2D eigenvalue weighted by Gasteiger charge is 2.19. The molecule has 12 N–H and O–H groups in total. The number of amides is 9. The molecule has 0 saturated carbocycles. The Morgan fingerprint density at radius 3 is 1.53 bits per heavy atom. The third kappa shape index (κ3) is 15.8. The van der Waals surface area contributed by atoms with E-state index in [2.05, 4.69) is 42.5 Å². The fourth-order valence-electron chi connectivity index (χ4n) is 4.13. The molecular weight excluding hydrogens is 580 g/mol. The lowest BCUT2D eigenvalue weighted by atomic mass is 10.1. The zero-order chi connectivity index (χ0) is 33.0. The fourth-order valence-corrected chi connectivity index (χ4v) is 4.13. The number of nitrogens with two attached hydrogens (primary N) is 2. The van der Waals surface area contributed by atoms with Gasteiger partial charge < -0.3 is 54.0 Å². The van der Waals surface area contributed by atoms with Crippen molar-refractivity contribution in [1.29, 1.82) is 0 Å². The van der Waals surface area contributed by atoms with E-state index in [-0.39, 0.29) is 25.7 Å². The van der Waals surface area contributed by atoms with E-state index in [1.807, 2.05) is 60.7 Å². The molecule has 15 nitrogen and oxygen atoms in total. The van der Waals surface area contributed by atoms with Gasteiger partial charge in [0.25, 0.3) is 0 Å². The number of urea groups is 4. The minimum absolute atomic E-state index is 0.100. The van der Waals surface area contributed by atoms with Crippen LogP contribution in [0, 0.1) is 0 Å². The Bertz CT molecular complexity index is 1220. The summed E-state index contributed by atoms with van der Waals surface area (Å²) in [5.41, 5.74) is 12.5. The average Bonchev–Trinajstić information content (AvgIpc) is 3.01. The average molecular weight is 627 g/mol. The van der Waals surface area contributed by atoms with Crippen LogP contribution in [-0.4, -0.2) is 86.9 Å². The van der Waals surface area contributed by atoms with Crippen molar-refractivity contribution in [3.63, 3.8) is 0 Å². The Balaban J connectivity index is 1.95. The first kappa shape index (κ1) is 36.1. The molecular formula is C30H46N10O5. The van der Waals surface area contributed by atoms with Crippen LogP contribution in [0.3, 0.4) is 0 Å². The van der Waals surface area contributed by atoms with Gasteiger partial charge in [-0.15, -0.1) is 0 Å². The first-order valence-electron chi connectivity index (χ1n) is 14.8. The number of carbonyl (C=O) groups excluding carboxylic acids is 5. The largest absolute Gasteiger partial charge is 0.368 e. The van der Waals surface area contributed by atoms with Gasteiger partial charge in [-0.25, -0.2) is 19.2 Å². The van der Waals surface area contributed by atoms with Crippen LogP contribution in [0.15, 0.2) is 60.7 Å². The van der Waals surface area contributed by atoms with Crippen LogP contribution in [0.5, 0.6) is 0 Å². The highest BCUT2D eigenvalue weighted by molar-refractivity contribution is 5.85. The van der Waals surface area contributed by atoms with Crippen LogP contribution in [0.4, 0.5) is 19.2 Å². The van der Waals surface area contributed by atoms with Gasteiger partial charge >= 0.3 is 24.1 Å². The number of hydrogen-bond acceptors (Lipinski definition) is 6. The Labute approximate surface area is 263 Å². The van der Waals surface area contributed by atoms with Crippen LogP contribution < -0.4 is 54.0 Å². The van der Waals surface area contributed by atoms with E-state index in [0.29, 0.717) is 25.9 Å². The summed E-state index contributed by atoms with van der Waals surface area (Å²) in [6.07, 6.45) is 0.914. The maximum Gasteiger partial charge on any atom is 0.315 e. The summed E-state index contributed by atoms with van der Waals surface area (Å²) in [7, 11) is 0. The number of rotatable bonds is 17. The van der Waals surface area contributed by atoms with Crippen molar-refractivity contribution < 1.29 is 24.0 Å². The van der Waals surface area contributed by atoms with E-state index in [9.17, 15) is 24.0 Å². The van der Waals surface area contributed by atoms with Crippen molar-refractivity contribution in [2.24, 2.45) is 11.5 Å². The van der Waals surface area contributed by atoms with Gasteiger partial charge in [-0.1, -0.05) is 60.7 Å². The Kier molecular flexibility index (Phi) is 16.1. The number of nitrogens with one attached hydrogen (secondary N) is 8. The molecule has 2 aromatic rings. The van der Waals surface area contributed by atoms with Gasteiger partial charge in [0.1, 0.15) is 6.04 Å². The Morgan fingerprint density at radius 2 is 1.07 bits per heavy atom. The lowest BCUT2D eigenvalue weighted by molar-refractivity contribution is -0.119. The molecule has 2 rings (SSSR count). The molecule has 0 aliphatic heterocycles. The third-order valence-electron chi connectivity index (χ3n) is 6.49. The van der Waals surface area contributed by atoms with Crippen LogP contribution in [-0.2, 0) is 17.6 Å². The normalized spacial score (nSPS) is 13.1. The Hall–Kier alpha value is -5.05. The predicted molar refractivity (Wildman–Crippen MR) is 171 cm³/mol. The molecule has 4 atom stereocenters. The lowest BCUT2D eigenvalue weighted by Crippen LogP contribution is -2.55. The SMILES string of the molecule is C[C@@H](CNC(=O)NC(CNC(=O)N[C@H](CNC(=O)NCCN)Cc1ccccc1)Cc1ccccc1)NC(=O)N[C@H](C)C(N)=O. The zero-order valence-corrected chi connectivity index (χ0v) is 25.7. The molecule has 0 heterocycles. The van der Waals surface area contributed by atoms with Crippen molar-refractivity contribution in [3.8, 4) is 0 Å². The van der Waals surface area contributed by atoms with E-state index in [4.69, 9.17) is 11.5 Å². The number of carbonyl (C=O) groups is 5. The van der Waals surface area contributed by atoms with Crippen LogP contribution >= 0.6 is 0 Å². The zero-order valence-electron chi connectivity index (χ0n) is 25.7. The van der Waals surface area contributed by atoms with E-state index in [1.165, 1.54) is 6.92 Å². The van der Waals surface area contributed by atoms with Gasteiger partial charge in [0.2, 0.25) is 5.91 Å². The number of primary amides is 1. The van der Waals surface area contributed by atoms with Gasteiger partial charge in [-0.3, -0.25) is 4.79 Å². The molecule has 0 aliphatic carbocycles. The van der Waals surface area contributed by atoms with E-state index in [0.717, 1.165) is 11.1 Å². The maximum absolute atomic E-state index is 13.0. The van der Waals surface area contributed by atoms with Crippen LogP contribution in [0.1, 0.15) is 25.0 Å². The smallest absolute Gasteiger partial charge is 0.315 e. The second kappa shape index (κ2) is 20.0. The quantitative estimate of drug-likeness (QED) is 0.112. The fraction of sp³-hybridized carbons (Fsp3) is 0.433. The predicted octanol–water partition coefficient (Wildman–Crippen LogP) is -0.373. The molecule has 246 valence electrons. The molecule has 0 aromatic heterocycles. The number of benzene rings is 2. The van der Waals surface area contributed by atoms with Gasteiger partial charge in [0, 0.05) is 38.8 Å². The minimum Gasteiger partial charge on any atom is -0.368 e. The summed E-state index contributed by atoms with van der Waals surface area (Å²) in [5.74, 6) is -0.670. The van der Waals surface area contributed by atoms with E-state index in [1.54, 1.807) is 6.92 Å². The molecule has 1 unspecified atom stereocenters. The van der Waals surface area contributed by atoms with E-state index >= 15 is 0 Å². The van der Waals surface area contributed by atoms with Gasteiger partial charge in [0.05, 0.1) is 12.1 Å². The van der Waals surface area contributed by atoms with Gasteiger partial charge in [-0.05, 0) is 37.8 Å². The highest BCUT2D eigenvalue weighted by Crippen LogP contribution is 2.05. The van der Waals surface area contributed by atoms with Crippen molar-refractivity contribution in [2.45, 2.75) is 50.9 Å². The first-order valence-corrected chi connectivity index (χ1v) is 14.8. The molecule has 0 fully saturated rings. The van der Waals surface area contributed by atoms with E-state index < -0.39 is 48.2 Å². The Morgan fingerprint density at radius 1 is 0.600 bits per heavy atom. The van der Waals surface area contributed by atoms with Crippen molar-refractivity contribution in [1.82, 2.24) is 42.5 Å². The van der Waals surface area contributed by atoms with Crippen LogP contribution in [0.25, 0.3) is 0 Å². The maximum atomic E-state index is 13.0. The molecule has 45 heavy (non-hydrogen) atoms. The first-order chi connectivity index (χ1) is 21.5. The highest BCUT2D eigenvalue weighted by atomic mass is 16.2. The summed E-state index contributed by atoms with van der Waals surface area (Å²) in [5, 5.41) is 21.7. The standard InChI is InChI=1S/C30H46N10O5/c1-20(37-30(45)38-21(2)26(32)41)17-34-28(43)39-25(16-23-11-7-4-8-12-23)19-36-29(44)40-24(15-22-9-5-3-6-10-22)18-35-27(42)33-14-13-31/h3-12,20-21,24-25H,13-19,31H2,1-2H3,(H2,32,41)(H2,33,35,42)(H2,34,39,43)(H2,36,40,44)(H2,37,38,45)/t20-,21+,24-,25?/m0/s1. The minimum atomic E-state index is -0.845. The molecule has 2 aromatic carbocycles. The molecule has 0 bridgehead atoms. The summed E-state index contributed by atoms with van der Waals surface area (Å²) in [6.45, 7) is 4.17.